The molecule has 0 bridgehead atoms. The van der Waals surface area contributed by atoms with Crippen molar-refractivity contribution in [1.82, 2.24) is 0 Å². The minimum Gasteiger partial charge on any atom is -0.131 e. The zero-order chi connectivity index (χ0) is 17.4. The largest absolute Gasteiger partial charge is 0.131 e. The highest BCUT2D eigenvalue weighted by atomic mass is 79.9. The first-order valence-electron chi connectivity index (χ1n) is 10.9. The summed E-state index contributed by atoms with van der Waals surface area (Å²) >= 11 is 0. The summed E-state index contributed by atoms with van der Waals surface area (Å²) in [7, 11) is 3.37. The minimum atomic E-state index is 0. The molecule has 0 amide bonds. The molecule has 0 nitrogen and oxygen atoms in total. The van der Waals surface area contributed by atoms with Gasteiger partial charge in [-0.2, -0.15) is 0 Å². The lowest BCUT2D eigenvalue weighted by molar-refractivity contribution is 0.274. The number of hydrogen-bond donors (Lipinski definition) is 0. The Morgan fingerprint density at radius 2 is 1.00 bits per heavy atom. The van der Waals surface area contributed by atoms with Crippen LogP contribution in [0.3, 0.4) is 0 Å². The molecular formula is C22H48BrP. The van der Waals surface area contributed by atoms with Gasteiger partial charge in [0.25, 0.3) is 0 Å². The molecule has 0 saturated heterocycles. The molecular weight excluding hydrogens is 375 g/mol. The average molecular weight is 424 g/mol. The van der Waals surface area contributed by atoms with E-state index in [2.05, 4.69) is 36.9 Å². The van der Waals surface area contributed by atoms with Crippen LogP contribution in [-0.4, -0.2) is 5.16 Å². The molecule has 0 aromatic rings. The van der Waals surface area contributed by atoms with E-state index >= 15 is 0 Å². The van der Waals surface area contributed by atoms with Crippen molar-refractivity contribution < 1.29 is 0 Å². The third-order valence-electron chi connectivity index (χ3n) is 5.62. The normalized spacial score (nSPS) is 12.9. The minimum absolute atomic E-state index is 0. The Labute approximate surface area is 167 Å². The van der Waals surface area contributed by atoms with E-state index in [1.807, 2.05) is 0 Å². The van der Waals surface area contributed by atoms with E-state index < -0.39 is 0 Å². The predicted octanol–water partition coefficient (Wildman–Crippen LogP) is 9.12. The van der Waals surface area contributed by atoms with Gasteiger partial charge >= 0.3 is 0 Å². The molecule has 0 aliphatic heterocycles. The molecule has 0 saturated carbocycles. The Balaban J connectivity index is 0. The molecule has 0 aromatic heterocycles. The highest BCUT2D eigenvalue weighted by Crippen LogP contribution is 2.43. The van der Waals surface area contributed by atoms with E-state index in [4.69, 9.17) is 0 Å². The van der Waals surface area contributed by atoms with Gasteiger partial charge in [0.15, 0.2) is 0 Å². The maximum Gasteiger partial charge on any atom is -0.0122 e. The van der Waals surface area contributed by atoms with Gasteiger partial charge in [-0.1, -0.05) is 105 Å². The van der Waals surface area contributed by atoms with Crippen LogP contribution in [0.15, 0.2) is 0 Å². The molecule has 0 aliphatic rings. The Morgan fingerprint density at radius 3 is 1.50 bits per heavy atom. The number of rotatable bonds is 17. The molecule has 0 heterocycles. The van der Waals surface area contributed by atoms with Crippen molar-refractivity contribution >= 4 is 26.2 Å². The van der Waals surface area contributed by atoms with Crippen LogP contribution < -0.4 is 0 Å². The van der Waals surface area contributed by atoms with Crippen LogP contribution in [-0.2, 0) is 0 Å². The smallest absolute Gasteiger partial charge is 0.0122 e. The van der Waals surface area contributed by atoms with Gasteiger partial charge in [-0.3, -0.25) is 0 Å². The number of hydrogen-bond acceptors (Lipinski definition) is 0. The number of halogens is 1. The van der Waals surface area contributed by atoms with Crippen molar-refractivity contribution in [2.45, 2.75) is 136 Å². The fraction of sp³-hybridized carbons (Fsp3) is 1.00. The fourth-order valence-corrected chi connectivity index (χ4v) is 4.63. The third-order valence-corrected chi connectivity index (χ3v) is 6.67. The second-order valence-electron chi connectivity index (χ2n) is 7.84. The molecule has 2 heteroatoms. The molecule has 2 atom stereocenters. The monoisotopic (exact) mass is 422 g/mol. The summed E-state index contributed by atoms with van der Waals surface area (Å²) in [5.74, 6) is 0.941. The molecule has 0 fully saturated rings. The van der Waals surface area contributed by atoms with Crippen LogP contribution in [0.4, 0.5) is 0 Å². The van der Waals surface area contributed by atoms with Crippen LogP contribution in [0.5, 0.6) is 0 Å². The fourth-order valence-electron chi connectivity index (χ4n) is 3.89. The van der Waals surface area contributed by atoms with Gasteiger partial charge in [0.05, 0.1) is 0 Å². The lowest BCUT2D eigenvalue weighted by Crippen LogP contribution is -2.32. The Hall–Kier alpha value is 0.910. The van der Waals surface area contributed by atoms with Gasteiger partial charge in [0.2, 0.25) is 0 Å². The third kappa shape index (κ3) is 13.2. The van der Waals surface area contributed by atoms with Gasteiger partial charge in [-0.25, -0.2) is 0 Å². The first-order chi connectivity index (χ1) is 11.1. The van der Waals surface area contributed by atoms with E-state index in [1.165, 1.54) is 103 Å². The Morgan fingerprint density at radius 1 is 0.583 bits per heavy atom. The quantitative estimate of drug-likeness (QED) is 0.162. The van der Waals surface area contributed by atoms with Gasteiger partial charge in [0, 0.05) is 0 Å². The topological polar surface area (TPSA) is 0 Å². The second kappa shape index (κ2) is 18.7. The second-order valence-corrected chi connectivity index (χ2v) is 8.99. The standard InChI is InChI=1S/C22H47P.BrH/c1-5-9-13-14-15-16-18-21(17-10-6-2)22(23,19-11-7-3)20-12-8-4;/h21H,5-20,23H2,1-4H3;1H. The Kier molecular flexibility index (Phi) is 21.1. The van der Waals surface area contributed by atoms with Crippen molar-refractivity contribution in [3.8, 4) is 0 Å². The van der Waals surface area contributed by atoms with Crippen LogP contribution in [0, 0.1) is 5.92 Å². The maximum atomic E-state index is 3.37. The Bertz CT molecular complexity index is 234. The molecule has 0 aliphatic carbocycles. The summed E-state index contributed by atoms with van der Waals surface area (Å²) < 4.78 is 0. The molecule has 0 radical (unpaired) electrons. The lowest BCUT2D eigenvalue weighted by atomic mass is 9.77. The predicted molar refractivity (Wildman–Crippen MR) is 123 cm³/mol. The van der Waals surface area contributed by atoms with Crippen LogP contribution >= 0.6 is 26.2 Å². The highest BCUT2D eigenvalue weighted by molar-refractivity contribution is 8.93. The first kappa shape index (κ1) is 27.1. The maximum absolute atomic E-state index is 3.37. The van der Waals surface area contributed by atoms with Gasteiger partial charge in [0.1, 0.15) is 0 Å². The SMILES string of the molecule is Br.CCCCCCCCC(CCCC)C(P)(CCCC)CCCC. The van der Waals surface area contributed by atoms with Crippen LogP contribution in [0.25, 0.3) is 0 Å². The molecule has 2 unspecified atom stereocenters. The van der Waals surface area contributed by atoms with Crippen molar-refractivity contribution in [3.05, 3.63) is 0 Å². The van der Waals surface area contributed by atoms with Crippen molar-refractivity contribution in [2.24, 2.45) is 5.92 Å². The molecule has 0 N–H and O–H groups in total. The van der Waals surface area contributed by atoms with Crippen LogP contribution in [0.2, 0.25) is 0 Å². The van der Waals surface area contributed by atoms with E-state index in [1.54, 1.807) is 0 Å². The molecule has 0 rings (SSSR count). The summed E-state index contributed by atoms with van der Waals surface area (Å²) in [4.78, 5) is 0. The summed E-state index contributed by atoms with van der Waals surface area (Å²) in [5.41, 5.74) is 0. The molecule has 148 valence electrons. The summed E-state index contributed by atoms with van der Waals surface area (Å²) in [5, 5.41) is 0.532. The zero-order valence-corrected chi connectivity index (χ0v) is 20.2. The zero-order valence-electron chi connectivity index (χ0n) is 17.4. The summed E-state index contributed by atoms with van der Waals surface area (Å²) in [6, 6.07) is 0. The summed E-state index contributed by atoms with van der Waals surface area (Å²) in [6.45, 7) is 9.36. The first-order valence-corrected chi connectivity index (χ1v) is 11.5. The van der Waals surface area contributed by atoms with E-state index in [0.29, 0.717) is 5.16 Å². The molecule has 0 spiro atoms. The number of unbranched alkanes of at least 4 members (excludes halogenated alkanes) is 8. The van der Waals surface area contributed by atoms with Gasteiger partial charge in [-0.15, -0.1) is 26.2 Å². The van der Waals surface area contributed by atoms with Crippen molar-refractivity contribution in [2.75, 3.05) is 0 Å². The highest BCUT2D eigenvalue weighted by Gasteiger charge is 2.32. The molecule has 0 aromatic carbocycles. The van der Waals surface area contributed by atoms with E-state index in [9.17, 15) is 0 Å². The van der Waals surface area contributed by atoms with Crippen LogP contribution in [0.1, 0.15) is 130 Å². The van der Waals surface area contributed by atoms with E-state index in [0.717, 1.165) is 5.92 Å². The lowest BCUT2D eigenvalue weighted by Gasteiger charge is -2.39. The summed E-state index contributed by atoms with van der Waals surface area (Å²) in [6.07, 6.45) is 22.7. The van der Waals surface area contributed by atoms with E-state index in [-0.39, 0.29) is 17.0 Å². The molecule has 24 heavy (non-hydrogen) atoms. The van der Waals surface area contributed by atoms with Crippen molar-refractivity contribution in [3.63, 3.8) is 0 Å². The van der Waals surface area contributed by atoms with Gasteiger partial charge < -0.3 is 0 Å². The van der Waals surface area contributed by atoms with Crippen molar-refractivity contribution in [1.29, 1.82) is 0 Å². The van der Waals surface area contributed by atoms with Gasteiger partial charge in [-0.05, 0) is 36.8 Å². The average Bonchev–Trinajstić information content (AvgIpc) is 2.56.